The van der Waals surface area contributed by atoms with Crippen LogP contribution in [-0.2, 0) is 0 Å². The summed E-state index contributed by atoms with van der Waals surface area (Å²) in [6, 6.07) is 3.95. The molecule has 1 fully saturated rings. The second-order valence-electron chi connectivity index (χ2n) is 6.09. The van der Waals surface area contributed by atoms with Gasteiger partial charge in [-0.2, -0.15) is 0 Å². The lowest BCUT2D eigenvalue weighted by Crippen LogP contribution is -2.44. The molecule has 0 aromatic carbocycles. The maximum absolute atomic E-state index is 12.9. The van der Waals surface area contributed by atoms with Crippen molar-refractivity contribution in [2.45, 2.75) is 45.7 Å². The third-order valence-electron chi connectivity index (χ3n) is 4.21. The first kappa shape index (κ1) is 15.4. The van der Waals surface area contributed by atoms with Crippen LogP contribution < -0.4 is 5.32 Å². The van der Waals surface area contributed by atoms with Crippen molar-refractivity contribution >= 4 is 0 Å². The van der Waals surface area contributed by atoms with Crippen LogP contribution >= 0.6 is 0 Å². The first-order chi connectivity index (χ1) is 9.58. The predicted octanol–water partition coefficient (Wildman–Crippen LogP) is 2.99. The summed E-state index contributed by atoms with van der Waals surface area (Å²) in [4.78, 5) is 6.73. The Morgan fingerprint density at radius 2 is 1.95 bits per heavy atom. The average molecular weight is 279 g/mol. The van der Waals surface area contributed by atoms with E-state index in [1.165, 1.54) is 38.2 Å². The molecule has 0 radical (unpaired) electrons. The van der Waals surface area contributed by atoms with Gasteiger partial charge < -0.3 is 5.32 Å². The molecule has 0 amide bonds. The number of aromatic nitrogens is 1. The van der Waals surface area contributed by atoms with E-state index in [1.807, 2.05) is 0 Å². The van der Waals surface area contributed by atoms with Crippen LogP contribution in [0.3, 0.4) is 0 Å². The molecule has 112 valence electrons. The summed E-state index contributed by atoms with van der Waals surface area (Å²) in [7, 11) is 0. The summed E-state index contributed by atoms with van der Waals surface area (Å²) in [5, 5.41) is 3.55. The zero-order chi connectivity index (χ0) is 14.5. The molecule has 0 saturated carbocycles. The van der Waals surface area contributed by atoms with Gasteiger partial charge in [0.2, 0.25) is 0 Å². The standard InChI is InChI=1S/C16H26FN3/c1-12(2)16(20-8-4-5-9-20)11-18-13(3)15-7-6-14(17)10-19-15/h6-7,10,12-13,16,18H,4-5,8-9,11H2,1-3H3. The lowest BCUT2D eigenvalue weighted by atomic mass is 10.0. The average Bonchev–Trinajstić information content (AvgIpc) is 2.93. The SMILES string of the molecule is CC(NCC(C(C)C)N1CCCC1)c1ccc(F)cn1. The van der Waals surface area contributed by atoms with E-state index >= 15 is 0 Å². The quantitative estimate of drug-likeness (QED) is 0.867. The minimum Gasteiger partial charge on any atom is -0.307 e. The highest BCUT2D eigenvalue weighted by atomic mass is 19.1. The normalized spacial score (nSPS) is 19.4. The van der Waals surface area contributed by atoms with E-state index in [9.17, 15) is 4.39 Å². The third-order valence-corrected chi connectivity index (χ3v) is 4.21. The van der Waals surface area contributed by atoms with Crippen LogP contribution in [0.1, 0.15) is 45.3 Å². The topological polar surface area (TPSA) is 28.2 Å². The van der Waals surface area contributed by atoms with Gasteiger partial charge in [0.15, 0.2) is 0 Å². The van der Waals surface area contributed by atoms with Gasteiger partial charge in [-0.25, -0.2) is 4.39 Å². The molecule has 20 heavy (non-hydrogen) atoms. The Balaban J connectivity index is 1.89. The molecular formula is C16H26FN3. The second kappa shape index (κ2) is 7.14. The molecule has 2 heterocycles. The zero-order valence-corrected chi connectivity index (χ0v) is 12.8. The Kier molecular flexibility index (Phi) is 5.49. The number of hydrogen-bond donors (Lipinski definition) is 1. The summed E-state index contributed by atoms with van der Waals surface area (Å²) in [6.45, 7) is 10.0. The molecule has 1 aromatic rings. The molecule has 1 aliphatic heterocycles. The van der Waals surface area contributed by atoms with Crippen molar-refractivity contribution in [3.05, 3.63) is 29.8 Å². The van der Waals surface area contributed by atoms with Crippen molar-refractivity contribution in [1.82, 2.24) is 15.2 Å². The van der Waals surface area contributed by atoms with Crippen molar-refractivity contribution in [3.8, 4) is 0 Å². The van der Waals surface area contributed by atoms with Crippen LogP contribution in [0.15, 0.2) is 18.3 Å². The summed E-state index contributed by atoms with van der Waals surface area (Å²) in [5.74, 6) is 0.354. The Morgan fingerprint density at radius 3 is 2.50 bits per heavy atom. The number of hydrogen-bond acceptors (Lipinski definition) is 3. The highest BCUT2D eigenvalue weighted by molar-refractivity contribution is 5.09. The molecular weight excluding hydrogens is 253 g/mol. The molecule has 1 saturated heterocycles. The van der Waals surface area contributed by atoms with Crippen LogP contribution in [0, 0.1) is 11.7 Å². The van der Waals surface area contributed by atoms with E-state index in [2.05, 4.69) is 36.0 Å². The van der Waals surface area contributed by atoms with Crippen LogP contribution in [0.25, 0.3) is 0 Å². The fraction of sp³-hybridized carbons (Fsp3) is 0.688. The summed E-state index contributed by atoms with van der Waals surface area (Å²) < 4.78 is 12.9. The van der Waals surface area contributed by atoms with E-state index in [4.69, 9.17) is 0 Å². The van der Waals surface area contributed by atoms with Crippen LogP contribution in [0.5, 0.6) is 0 Å². The lowest BCUT2D eigenvalue weighted by Gasteiger charge is -2.32. The van der Waals surface area contributed by atoms with Gasteiger partial charge in [0.05, 0.1) is 11.9 Å². The van der Waals surface area contributed by atoms with Gasteiger partial charge in [0.25, 0.3) is 0 Å². The van der Waals surface area contributed by atoms with Crippen molar-refractivity contribution in [1.29, 1.82) is 0 Å². The molecule has 2 rings (SSSR count). The smallest absolute Gasteiger partial charge is 0.141 e. The van der Waals surface area contributed by atoms with Gasteiger partial charge >= 0.3 is 0 Å². The van der Waals surface area contributed by atoms with E-state index in [-0.39, 0.29) is 11.9 Å². The molecule has 0 bridgehead atoms. The Hall–Kier alpha value is -1.00. The minimum absolute atomic E-state index is 0.152. The first-order valence-electron chi connectivity index (χ1n) is 7.67. The largest absolute Gasteiger partial charge is 0.307 e. The molecule has 1 N–H and O–H groups in total. The van der Waals surface area contributed by atoms with E-state index in [1.54, 1.807) is 6.07 Å². The molecule has 2 unspecified atom stereocenters. The van der Waals surface area contributed by atoms with Gasteiger partial charge in [0, 0.05) is 18.6 Å². The molecule has 4 heteroatoms. The van der Waals surface area contributed by atoms with Gasteiger partial charge in [-0.1, -0.05) is 13.8 Å². The van der Waals surface area contributed by atoms with Crippen LogP contribution in [0.2, 0.25) is 0 Å². The van der Waals surface area contributed by atoms with E-state index in [0.717, 1.165) is 12.2 Å². The first-order valence-corrected chi connectivity index (χ1v) is 7.67. The Bertz CT molecular complexity index is 399. The number of pyridine rings is 1. The third kappa shape index (κ3) is 4.00. The number of nitrogens with zero attached hydrogens (tertiary/aromatic N) is 2. The fourth-order valence-corrected chi connectivity index (χ4v) is 2.91. The predicted molar refractivity (Wildman–Crippen MR) is 80.0 cm³/mol. The number of halogens is 1. The number of rotatable bonds is 6. The molecule has 0 aliphatic carbocycles. The van der Waals surface area contributed by atoms with Crippen molar-refractivity contribution in [2.75, 3.05) is 19.6 Å². The molecule has 1 aliphatic rings. The fourth-order valence-electron chi connectivity index (χ4n) is 2.91. The molecule has 0 spiro atoms. The van der Waals surface area contributed by atoms with Gasteiger partial charge in [-0.3, -0.25) is 9.88 Å². The van der Waals surface area contributed by atoms with Crippen molar-refractivity contribution in [3.63, 3.8) is 0 Å². The summed E-state index contributed by atoms with van der Waals surface area (Å²) in [5.41, 5.74) is 0.898. The highest BCUT2D eigenvalue weighted by Crippen LogP contribution is 2.18. The lowest BCUT2D eigenvalue weighted by molar-refractivity contribution is 0.182. The Labute approximate surface area is 121 Å². The number of likely N-dealkylation sites (tertiary alicyclic amines) is 1. The maximum atomic E-state index is 12.9. The van der Waals surface area contributed by atoms with Crippen LogP contribution in [0.4, 0.5) is 4.39 Å². The van der Waals surface area contributed by atoms with Crippen LogP contribution in [-0.4, -0.2) is 35.6 Å². The second-order valence-corrected chi connectivity index (χ2v) is 6.09. The molecule has 2 atom stereocenters. The molecule has 1 aromatic heterocycles. The summed E-state index contributed by atoms with van der Waals surface area (Å²) in [6.07, 6.45) is 3.92. The minimum atomic E-state index is -0.280. The van der Waals surface area contributed by atoms with Crippen molar-refractivity contribution in [2.24, 2.45) is 5.92 Å². The highest BCUT2D eigenvalue weighted by Gasteiger charge is 2.24. The monoisotopic (exact) mass is 279 g/mol. The van der Waals surface area contributed by atoms with Gasteiger partial charge in [-0.05, 0) is 50.9 Å². The van der Waals surface area contributed by atoms with E-state index in [0.29, 0.717) is 12.0 Å². The van der Waals surface area contributed by atoms with Gasteiger partial charge in [0.1, 0.15) is 5.82 Å². The zero-order valence-electron chi connectivity index (χ0n) is 12.8. The van der Waals surface area contributed by atoms with Gasteiger partial charge in [-0.15, -0.1) is 0 Å². The van der Waals surface area contributed by atoms with Crippen molar-refractivity contribution < 1.29 is 4.39 Å². The molecule has 3 nitrogen and oxygen atoms in total. The maximum Gasteiger partial charge on any atom is 0.141 e. The number of nitrogens with one attached hydrogen (secondary N) is 1. The van der Waals surface area contributed by atoms with E-state index < -0.39 is 0 Å². The summed E-state index contributed by atoms with van der Waals surface area (Å²) >= 11 is 0. The Morgan fingerprint density at radius 1 is 1.25 bits per heavy atom.